The molecule has 4 atom stereocenters. The average molecular weight is 442 g/mol. The van der Waals surface area contributed by atoms with Gasteiger partial charge in [-0.05, 0) is 31.2 Å². The van der Waals surface area contributed by atoms with Crippen LogP contribution in [0.15, 0.2) is 36.9 Å². The molecule has 168 valence electrons. The van der Waals surface area contributed by atoms with Crippen molar-refractivity contribution in [3.8, 4) is 5.75 Å². The van der Waals surface area contributed by atoms with Crippen LogP contribution in [0.4, 0.5) is 5.82 Å². The average Bonchev–Trinajstić information content (AvgIpc) is 3.36. The summed E-state index contributed by atoms with van der Waals surface area (Å²) in [5, 5.41) is 26.0. The number of aliphatic hydroxyl groups is 2. The van der Waals surface area contributed by atoms with Gasteiger partial charge in [0.2, 0.25) is 0 Å². The molecule has 12 nitrogen and oxygen atoms in total. The van der Waals surface area contributed by atoms with Gasteiger partial charge in [-0.25, -0.2) is 15.0 Å². The first-order valence-corrected chi connectivity index (χ1v) is 9.86. The molecule has 1 aromatic carbocycles. The number of nitrogens with zero attached hydrogens (tertiary/aromatic N) is 4. The highest BCUT2D eigenvalue weighted by Crippen LogP contribution is 2.32. The Kier molecular flexibility index (Phi) is 5.99. The van der Waals surface area contributed by atoms with Gasteiger partial charge in [-0.15, -0.1) is 0 Å². The molecule has 4 rings (SSSR count). The van der Waals surface area contributed by atoms with Crippen molar-refractivity contribution in [1.82, 2.24) is 24.8 Å². The number of aromatic nitrogens is 4. The van der Waals surface area contributed by atoms with Gasteiger partial charge in [-0.1, -0.05) is 0 Å². The van der Waals surface area contributed by atoms with Crippen LogP contribution < -0.4 is 15.4 Å². The second-order valence-corrected chi connectivity index (χ2v) is 7.05. The molecular formula is C20H22N6O6. The maximum Gasteiger partial charge on any atom is 0.256 e. The zero-order valence-electron chi connectivity index (χ0n) is 17.3. The minimum atomic E-state index is -1.43. The number of nitrogens with one attached hydrogen (secondary N) is 2. The van der Waals surface area contributed by atoms with E-state index in [2.05, 4.69) is 25.6 Å². The normalized spacial score (nSPS) is 22.6. The van der Waals surface area contributed by atoms with E-state index in [4.69, 9.17) is 9.47 Å². The minimum absolute atomic E-state index is 0.155. The summed E-state index contributed by atoms with van der Waals surface area (Å²) < 4.78 is 12.1. The van der Waals surface area contributed by atoms with E-state index < -0.39 is 36.4 Å². The molecule has 32 heavy (non-hydrogen) atoms. The summed E-state index contributed by atoms with van der Waals surface area (Å²) in [7, 11) is 1.53. The van der Waals surface area contributed by atoms with Gasteiger partial charge < -0.3 is 30.3 Å². The lowest BCUT2D eigenvalue weighted by Crippen LogP contribution is -2.42. The summed E-state index contributed by atoms with van der Waals surface area (Å²) in [5.74, 6) is -0.171. The molecule has 0 spiro atoms. The highest BCUT2D eigenvalue weighted by Gasteiger charge is 2.47. The molecular weight excluding hydrogens is 420 g/mol. The maximum absolute atomic E-state index is 12.6. The predicted octanol–water partition coefficient (Wildman–Crippen LogP) is -0.158. The van der Waals surface area contributed by atoms with E-state index in [0.29, 0.717) is 17.9 Å². The quantitative estimate of drug-likeness (QED) is 0.407. The van der Waals surface area contributed by atoms with Crippen LogP contribution in [0.1, 0.15) is 23.5 Å². The topological polar surface area (TPSA) is 161 Å². The first-order chi connectivity index (χ1) is 15.4. The Balaban J connectivity index is 1.59. The molecule has 0 unspecified atom stereocenters. The number of likely N-dealkylation sites (N-methyl/N-ethyl adjacent to an activating group) is 1. The van der Waals surface area contributed by atoms with E-state index in [0.717, 1.165) is 0 Å². The number of benzene rings is 1. The van der Waals surface area contributed by atoms with Gasteiger partial charge in [0.1, 0.15) is 24.3 Å². The fourth-order valence-electron chi connectivity index (χ4n) is 3.43. The Labute approximate surface area is 182 Å². The van der Waals surface area contributed by atoms with Gasteiger partial charge in [-0.2, -0.15) is 0 Å². The lowest BCUT2D eigenvalue weighted by Gasteiger charge is -2.16. The van der Waals surface area contributed by atoms with Crippen LogP contribution in [-0.4, -0.2) is 73.5 Å². The number of hydrogen-bond acceptors (Lipinski definition) is 9. The zero-order chi connectivity index (χ0) is 22.8. The molecule has 3 aromatic rings. The molecule has 2 amide bonds. The van der Waals surface area contributed by atoms with Crippen molar-refractivity contribution >= 4 is 28.8 Å². The van der Waals surface area contributed by atoms with Gasteiger partial charge in [-0.3, -0.25) is 14.2 Å². The summed E-state index contributed by atoms with van der Waals surface area (Å²) in [4.78, 5) is 37.2. The van der Waals surface area contributed by atoms with E-state index >= 15 is 0 Å². The van der Waals surface area contributed by atoms with E-state index in [-0.39, 0.29) is 17.0 Å². The number of methoxy groups -OCH3 is 1. The summed E-state index contributed by atoms with van der Waals surface area (Å²) >= 11 is 0. The molecule has 12 heteroatoms. The monoisotopic (exact) mass is 442 g/mol. The van der Waals surface area contributed by atoms with Crippen molar-refractivity contribution < 1.29 is 29.3 Å². The second-order valence-electron chi connectivity index (χ2n) is 7.05. The number of aliphatic hydroxyl groups excluding tert-OH is 2. The second kappa shape index (κ2) is 8.86. The number of ether oxygens (including phenoxy) is 2. The number of carbonyl (C=O) groups is 2. The standard InChI is InChI=1S/C20H22N6O6/c1-3-21-19(30)15-13(27)14(28)20(32-15)26-9-24-12-16(22-8-23-17(12)26)25-18(29)10-4-6-11(31-2)7-5-10/h4-9,13-15,20,27-28H,3H2,1-2H3,(H,21,30)(H,22,23,25,29)/t13-,14+,15-,20+/m0/s1. The Hall–Kier alpha value is -3.61. The first-order valence-electron chi connectivity index (χ1n) is 9.86. The number of amides is 2. The van der Waals surface area contributed by atoms with Gasteiger partial charge in [0.05, 0.1) is 13.4 Å². The Morgan fingerprint density at radius 2 is 1.91 bits per heavy atom. The number of anilines is 1. The fourth-order valence-corrected chi connectivity index (χ4v) is 3.43. The van der Waals surface area contributed by atoms with Crippen LogP contribution in [0.5, 0.6) is 5.75 Å². The largest absolute Gasteiger partial charge is 0.497 e. The van der Waals surface area contributed by atoms with Gasteiger partial charge in [0.25, 0.3) is 11.8 Å². The summed E-state index contributed by atoms with van der Waals surface area (Å²) in [6.07, 6.45) is -2.62. The smallest absolute Gasteiger partial charge is 0.256 e. The highest BCUT2D eigenvalue weighted by molar-refractivity contribution is 6.06. The molecule has 0 saturated carbocycles. The van der Waals surface area contributed by atoms with Crippen LogP contribution in [0.2, 0.25) is 0 Å². The lowest BCUT2D eigenvalue weighted by atomic mass is 10.1. The number of imidazole rings is 1. The molecule has 2 aromatic heterocycles. The van der Waals surface area contributed by atoms with Crippen molar-refractivity contribution in [3.05, 3.63) is 42.5 Å². The maximum atomic E-state index is 12.6. The van der Waals surface area contributed by atoms with Crippen LogP contribution in [0, 0.1) is 0 Å². The Morgan fingerprint density at radius 3 is 2.59 bits per heavy atom. The van der Waals surface area contributed by atoms with Gasteiger partial charge >= 0.3 is 0 Å². The van der Waals surface area contributed by atoms with Crippen LogP contribution in [-0.2, 0) is 9.53 Å². The van der Waals surface area contributed by atoms with Gasteiger partial charge in [0.15, 0.2) is 29.3 Å². The molecule has 0 aliphatic carbocycles. The molecule has 0 bridgehead atoms. The van der Waals surface area contributed by atoms with E-state index in [9.17, 15) is 19.8 Å². The fraction of sp³-hybridized carbons (Fsp3) is 0.350. The lowest BCUT2D eigenvalue weighted by molar-refractivity contribution is -0.137. The van der Waals surface area contributed by atoms with Crippen LogP contribution >= 0.6 is 0 Å². The molecule has 3 heterocycles. The third kappa shape index (κ3) is 3.86. The van der Waals surface area contributed by atoms with E-state index in [1.54, 1.807) is 31.2 Å². The van der Waals surface area contributed by atoms with Crippen molar-refractivity contribution in [2.24, 2.45) is 0 Å². The number of rotatable bonds is 6. The van der Waals surface area contributed by atoms with Crippen molar-refractivity contribution in [2.45, 2.75) is 31.5 Å². The summed E-state index contributed by atoms with van der Waals surface area (Å²) in [6, 6.07) is 6.54. The van der Waals surface area contributed by atoms with Crippen molar-refractivity contribution in [3.63, 3.8) is 0 Å². The molecule has 1 aliphatic rings. The summed E-state index contributed by atoms with van der Waals surface area (Å²) in [5.41, 5.74) is 0.887. The summed E-state index contributed by atoms with van der Waals surface area (Å²) in [6.45, 7) is 2.08. The SMILES string of the molecule is CCNC(=O)[C@H]1O[C@@H](n2cnc3c(NC(=O)c4ccc(OC)cc4)ncnc32)[C@H](O)[C@@H]1O. The molecule has 1 aliphatic heterocycles. The number of carbonyl (C=O) groups excluding carboxylic acids is 2. The minimum Gasteiger partial charge on any atom is -0.497 e. The molecule has 0 radical (unpaired) electrons. The highest BCUT2D eigenvalue weighted by atomic mass is 16.6. The third-order valence-corrected chi connectivity index (χ3v) is 5.06. The van der Waals surface area contributed by atoms with Crippen LogP contribution in [0.25, 0.3) is 11.2 Å². The third-order valence-electron chi connectivity index (χ3n) is 5.06. The first kappa shape index (κ1) is 21.6. The Morgan fingerprint density at radius 1 is 1.16 bits per heavy atom. The van der Waals surface area contributed by atoms with Crippen molar-refractivity contribution in [2.75, 3.05) is 19.0 Å². The van der Waals surface area contributed by atoms with Crippen molar-refractivity contribution in [1.29, 1.82) is 0 Å². The van der Waals surface area contributed by atoms with Crippen LogP contribution in [0.3, 0.4) is 0 Å². The molecule has 1 saturated heterocycles. The predicted molar refractivity (Wildman–Crippen MR) is 111 cm³/mol. The molecule has 4 N–H and O–H groups in total. The Bertz CT molecular complexity index is 1130. The van der Waals surface area contributed by atoms with Gasteiger partial charge in [0, 0.05) is 12.1 Å². The van der Waals surface area contributed by atoms with E-state index in [1.165, 1.54) is 24.3 Å². The molecule has 1 fully saturated rings. The zero-order valence-corrected chi connectivity index (χ0v) is 17.3. The van der Waals surface area contributed by atoms with E-state index in [1.807, 2.05) is 0 Å². The number of hydrogen-bond donors (Lipinski definition) is 4. The number of fused-ring (bicyclic) bond motifs is 1.